The van der Waals surface area contributed by atoms with Crippen LogP contribution in [-0.2, 0) is 9.57 Å². The van der Waals surface area contributed by atoms with E-state index in [-0.39, 0.29) is 11.1 Å². The lowest BCUT2D eigenvalue weighted by Crippen LogP contribution is -2.59. The van der Waals surface area contributed by atoms with E-state index in [0.29, 0.717) is 12.8 Å². The molecule has 0 aromatic carbocycles. The van der Waals surface area contributed by atoms with E-state index in [4.69, 9.17) is 14.7 Å². The molecule has 0 bridgehead atoms. The Morgan fingerprint density at radius 3 is 2.17 bits per heavy atom. The van der Waals surface area contributed by atoms with Gasteiger partial charge in [-0.05, 0) is 27.7 Å². The number of nitrogens with one attached hydrogen (secondary N) is 1. The van der Waals surface area contributed by atoms with E-state index in [9.17, 15) is 15.3 Å². The van der Waals surface area contributed by atoms with Crippen LogP contribution in [0.25, 0.3) is 0 Å². The summed E-state index contributed by atoms with van der Waals surface area (Å²) < 4.78 is 5.27. The van der Waals surface area contributed by atoms with E-state index in [1.807, 2.05) is 0 Å². The van der Waals surface area contributed by atoms with E-state index in [1.165, 1.54) is 0 Å². The van der Waals surface area contributed by atoms with Crippen molar-refractivity contribution >= 4 is 5.71 Å². The van der Waals surface area contributed by atoms with Gasteiger partial charge in [0.25, 0.3) is 6.29 Å². The molecule has 5 unspecified atom stereocenters. The van der Waals surface area contributed by atoms with Crippen LogP contribution in [0.4, 0.5) is 0 Å². The van der Waals surface area contributed by atoms with Crippen molar-refractivity contribution in [3.63, 3.8) is 0 Å². The number of rotatable bonds is 3. The third-order valence-electron chi connectivity index (χ3n) is 4.10. The third kappa shape index (κ3) is 4.40. The molecule has 0 aliphatic carbocycles. The zero-order valence-electron chi connectivity index (χ0n) is 14.1. The maximum atomic E-state index is 9.93. The van der Waals surface area contributed by atoms with Gasteiger partial charge < -0.3 is 35.3 Å². The molecular formula is C15H28N2O6. The van der Waals surface area contributed by atoms with Crippen molar-refractivity contribution < 1.29 is 30.0 Å². The lowest BCUT2D eigenvalue weighted by molar-refractivity contribution is -0.301. The Morgan fingerprint density at radius 1 is 1.09 bits per heavy atom. The SMILES string of the molecule is CC1(C)CC(=NOC2OC(CO)C(O)C(O)C2O)CC(C)(C)N1. The van der Waals surface area contributed by atoms with Gasteiger partial charge >= 0.3 is 0 Å². The van der Waals surface area contributed by atoms with Crippen LogP contribution in [0.15, 0.2) is 5.16 Å². The summed E-state index contributed by atoms with van der Waals surface area (Å²) in [6, 6.07) is 0. The molecular weight excluding hydrogens is 304 g/mol. The minimum absolute atomic E-state index is 0.140. The smallest absolute Gasteiger partial charge is 0.256 e. The fourth-order valence-electron chi connectivity index (χ4n) is 3.43. The summed E-state index contributed by atoms with van der Waals surface area (Å²) in [6.45, 7) is 7.77. The predicted octanol–water partition coefficient (Wildman–Crippen LogP) is -0.900. The maximum absolute atomic E-state index is 9.93. The van der Waals surface area contributed by atoms with E-state index in [0.717, 1.165) is 5.71 Å². The second-order valence-corrected chi connectivity index (χ2v) is 7.71. The molecule has 134 valence electrons. The summed E-state index contributed by atoms with van der Waals surface area (Å²) in [7, 11) is 0. The second kappa shape index (κ2) is 6.62. The molecule has 0 amide bonds. The molecule has 2 aliphatic heterocycles. The van der Waals surface area contributed by atoms with Crippen molar-refractivity contribution in [1.82, 2.24) is 5.32 Å². The highest BCUT2D eigenvalue weighted by Gasteiger charge is 2.45. The molecule has 2 saturated heterocycles. The highest BCUT2D eigenvalue weighted by molar-refractivity contribution is 5.87. The third-order valence-corrected chi connectivity index (χ3v) is 4.10. The normalized spacial score (nSPS) is 39.8. The molecule has 2 rings (SSSR count). The van der Waals surface area contributed by atoms with E-state index < -0.39 is 37.3 Å². The molecule has 0 aromatic heterocycles. The fourth-order valence-corrected chi connectivity index (χ4v) is 3.43. The average molecular weight is 332 g/mol. The Balaban J connectivity index is 2.06. The van der Waals surface area contributed by atoms with Gasteiger partial charge in [-0.25, -0.2) is 0 Å². The van der Waals surface area contributed by atoms with Crippen molar-refractivity contribution in [3.8, 4) is 0 Å². The van der Waals surface area contributed by atoms with Crippen LogP contribution in [0.3, 0.4) is 0 Å². The van der Waals surface area contributed by atoms with E-state index >= 15 is 0 Å². The van der Waals surface area contributed by atoms with Gasteiger partial charge in [0.15, 0.2) is 0 Å². The molecule has 0 radical (unpaired) electrons. The number of aliphatic hydroxyl groups is 4. The number of ether oxygens (including phenoxy) is 1. The molecule has 5 atom stereocenters. The van der Waals surface area contributed by atoms with Crippen LogP contribution < -0.4 is 5.32 Å². The Bertz CT molecular complexity index is 433. The second-order valence-electron chi connectivity index (χ2n) is 7.71. The van der Waals surface area contributed by atoms with Crippen molar-refractivity contribution in [2.24, 2.45) is 5.16 Å². The van der Waals surface area contributed by atoms with Crippen LogP contribution >= 0.6 is 0 Å². The Labute approximate surface area is 136 Å². The molecule has 2 aliphatic rings. The molecule has 0 aromatic rings. The molecule has 8 heteroatoms. The standard InChI is InChI=1S/C15H28N2O6/c1-14(2)5-8(6-15(3,4)17-14)16-23-13-12(21)11(20)10(19)9(7-18)22-13/h9-13,17-21H,5-7H2,1-4H3. The van der Waals surface area contributed by atoms with Crippen LogP contribution in [-0.4, -0.2) is 74.5 Å². The van der Waals surface area contributed by atoms with Crippen molar-refractivity contribution in [2.75, 3.05) is 6.61 Å². The van der Waals surface area contributed by atoms with E-state index in [2.05, 4.69) is 38.2 Å². The maximum Gasteiger partial charge on any atom is 0.256 e. The summed E-state index contributed by atoms with van der Waals surface area (Å²) in [5.41, 5.74) is 0.536. The van der Waals surface area contributed by atoms with Gasteiger partial charge in [0.2, 0.25) is 0 Å². The Kier molecular flexibility index (Phi) is 5.34. The van der Waals surface area contributed by atoms with Gasteiger partial charge in [-0.2, -0.15) is 0 Å². The molecule has 2 fully saturated rings. The van der Waals surface area contributed by atoms with Crippen LogP contribution in [0.2, 0.25) is 0 Å². The molecule has 8 nitrogen and oxygen atoms in total. The predicted molar refractivity (Wildman–Crippen MR) is 82.8 cm³/mol. The number of oxime groups is 1. The average Bonchev–Trinajstić information content (AvgIpc) is 2.41. The molecule has 0 saturated carbocycles. The van der Waals surface area contributed by atoms with Gasteiger partial charge in [0, 0.05) is 23.9 Å². The highest BCUT2D eigenvalue weighted by Crippen LogP contribution is 2.28. The monoisotopic (exact) mass is 332 g/mol. The highest BCUT2D eigenvalue weighted by atomic mass is 16.8. The minimum atomic E-state index is -1.47. The van der Waals surface area contributed by atoms with Gasteiger partial charge in [0.1, 0.15) is 24.4 Å². The summed E-state index contributed by atoms with van der Waals surface area (Å²) in [5, 5.41) is 46.2. The number of hydrogen-bond acceptors (Lipinski definition) is 8. The quantitative estimate of drug-likeness (QED) is 0.424. The molecule has 5 N–H and O–H groups in total. The molecule has 0 spiro atoms. The van der Waals surface area contributed by atoms with Crippen molar-refractivity contribution in [3.05, 3.63) is 0 Å². The zero-order valence-corrected chi connectivity index (χ0v) is 14.1. The summed E-state index contributed by atoms with van der Waals surface area (Å²) in [6.07, 6.45) is -5.20. The van der Waals surface area contributed by atoms with Gasteiger partial charge in [-0.3, -0.25) is 0 Å². The van der Waals surface area contributed by atoms with Crippen LogP contribution in [0.1, 0.15) is 40.5 Å². The lowest BCUT2D eigenvalue weighted by Gasteiger charge is -2.43. The topological polar surface area (TPSA) is 124 Å². The van der Waals surface area contributed by atoms with Crippen LogP contribution in [0, 0.1) is 0 Å². The number of hydrogen-bond donors (Lipinski definition) is 5. The Hall–Kier alpha value is -0.770. The minimum Gasteiger partial charge on any atom is -0.394 e. The van der Waals surface area contributed by atoms with Gasteiger partial charge in [-0.1, -0.05) is 5.16 Å². The lowest BCUT2D eigenvalue weighted by atomic mass is 9.81. The molecule has 23 heavy (non-hydrogen) atoms. The first-order chi connectivity index (χ1) is 10.5. The fraction of sp³-hybridized carbons (Fsp3) is 0.933. The number of nitrogens with zero attached hydrogens (tertiary/aromatic N) is 1. The van der Waals surface area contributed by atoms with E-state index in [1.54, 1.807) is 0 Å². The van der Waals surface area contributed by atoms with Crippen LogP contribution in [0.5, 0.6) is 0 Å². The largest absolute Gasteiger partial charge is 0.394 e. The first-order valence-corrected chi connectivity index (χ1v) is 7.86. The Morgan fingerprint density at radius 2 is 1.65 bits per heavy atom. The first kappa shape index (κ1) is 18.6. The zero-order chi connectivity index (χ0) is 17.4. The first-order valence-electron chi connectivity index (χ1n) is 7.86. The van der Waals surface area contributed by atoms with Gasteiger partial charge in [0.05, 0.1) is 12.3 Å². The van der Waals surface area contributed by atoms with Crippen molar-refractivity contribution in [2.45, 2.75) is 82.3 Å². The van der Waals surface area contributed by atoms with Gasteiger partial charge in [-0.15, -0.1) is 0 Å². The summed E-state index contributed by atoms with van der Waals surface area (Å²) in [4.78, 5) is 5.28. The summed E-state index contributed by atoms with van der Waals surface area (Å²) >= 11 is 0. The van der Waals surface area contributed by atoms with Crippen molar-refractivity contribution in [1.29, 1.82) is 0 Å². The molecule has 2 heterocycles. The number of aliphatic hydroxyl groups excluding tert-OH is 4. The number of piperidine rings is 1. The summed E-state index contributed by atoms with van der Waals surface area (Å²) in [5.74, 6) is 0.